The molecule has 114 valence electrons. The van der Waals surface area contributed by atoms with Gasteiger partial charge in [0.25, 0.3) is 0 Å². The zero-order valence-electron chi connectivity index (χ0n) is 13.4. The first-order chi connectivity index (χ1) is 9.82. The van der Waals surface area contributed by atoms with Gasteiger partial charge in [-0.25, -0.2) is 4.98 Å². The molecule has 1 aliphatic heterocycles. The minimum atomic E-state index is -0.503. The van der Waals surface area contributed by atoms with Crippen LogP contribution in [-0.2, 0) is 9.31 Å². The van der Waals surface area contributed by atoms with Gasteiger partial charge in [-0.3, -0.25) is 0 Å². The molecule has 1 aliphatic carbocycles. The molecule has 0 radical (unpaired) electrons. The normalized spacial score (nSPS) is 23.2. The van der Waals surface area contributed by atoms with Crippen LogP contribution in [0.4, 0.5) is 5.82 Å². The van der Waals surface area contributed by atoms with Crippen molar-refractivity contribution in [2.75, 3.05) is 12.4 Å². The van der Waals surface area contributed by atoms with Crippen molar-refractivity contribution >= 4 is 18.5 Å². The maximum Gasteiger partial charge on any atom is 0.518 e. The lowest BCUT2D eigenvalue weighted by Gasteiger charge is -2.32. The zero-order valence-corrected chi connectivity index (χ0v) is 13.4. The summed E-state index contributed by atoms with van der Waals surface area (Å²) in [6, 6.07) is 3.85. The average Bonchev–Trinajstić information content (AvgIpc) is 3.18. The number of anilines is 1. The molecule has 1 saturated heterocycles. The van der Waals surface area contributed by atoms with Crippen molar-refractivity contribution in [3.63, 3.8) is 0 Å². The number of nitrogens with zero attached hydrogens (tertiary/aromatic N) is 1. The Morgan fingerprint density at radius 2 is 1.81 bits per heavy atom. The van der Waals surface area contributed by atoms with Crippen LogP contribution in [0.5, 0.6) is 5.75 Å². The SMILES string of the molecule is CNc1ccc(OC2CC2)c(B2OC(C)(C)C(C)(C)O2)n1. The fourth-order valence-corrected chi connectivity index (χ4v) is 2.19. The average molecular weight is 290 g/mol. The van der Waals surface area contributed by atoms with Gasteiger partial charge in [0.05, 0.1) is 17.3 Å². The summed E-state index contributed by atoms with van der Waals surface area (Å²) >= 11 is 0. The topological polar surface area (TPSA) is 52.6 Å². The predicted octanol–water partition coefficient (Wildman–Crippen LogP) is 1.96. The van der Waals surface area contributed by atoms with Crippen LogP contribution < -0.4 is 15.6 Å². The molecule has 0 spiro atoms. The highest BCUT2D eigenvalue weighted by molar-refractivity contribution is 6.62. The summed E-state index contributed by atoms with van der Waals surface area (Å²) in [4.78, 5) is 4.60. The number of aromatic nitrogens is 1. The number of rotatable bonds is 4. The number of nitrogens with one attached hydrogen (secondary N) is 1. The summed E-state index contributed by atoms with van der Waals surface area (Å²) in [6.45, 7) is 8.15. The van der Waals surface area contributed by atoms with Gasteiger partial charge < -0.3 is 19.4 Å². The molecular weight excluding hydrogens is 267 g/mol. The van der Waals surface area contributed by atoms with E-state index < -0.39 is 7.12 Å². The second-order valence-corrected chi connectivity index (χ2v) is 6.74. The van der Waals surface area contributed by atoms with Crippen LogP contribution in [0.15, 0.2) is 12.1 Å². The third-order valence-corrected chi connectivity index (χ3v) is 4.44. The van der Waals surface area contributed by atoms with Crippen LogP contribution in [0, 0.1) is 0 Å². The Balaban J connectivity index is 1.92. The lowest BCUT2D eigenvalue weighted by Crippen LogP contribution is -2.41. The number of hydrogen-bond acceptors (Lipinski definition) is 5. The van der Waals surface area contributed by atoms with Gasteiger partial charge in [0.2, 0.25) is 0 Å². The standard InChI is InChI=1S/C15H23BN2O3/c1-14(2)15(3,4)21-16(20-14)13-11(19-10-6-7-10)8-9-12(17-5)18-13/h8-10H,6-7H2,1-5H3,(H,17,18). The van der Waals surface area contributed by atoms with E-state index in [0.717, 1.165) is 24.4 Å². The molecule has 2 heterocycles. The quantitative estimate of drug-likeness (QED) is 0.859. The Bertz CT molecular complexity index is 528. The molecule has 1 N–H and O–H groups in total. The van der Waals surface area contributed by atoms with Crippen molar-refractivity contribution in [3.05, 3.63) is 12.1 Å². The lowest BCUT2D eigenvalue weighted by molar-refractivity contribution is 0.00578. The number of ether oxygens (including phenoxy) is 1. The second kappa shape index (κ2) is 4.88. The van der Waals surface area contributed by atoms with Gasteiger partial charge in [0.15, 0.2) is 0 Å². The minimum absolute atomic E-state index is 0.313. The minimum Gasteiger partial charge on any atom is -0.489 e. The van der Waals surface area contributed by atoms with Gasteiger partial charge in [0.1, 0.15) is 17.2 Å². The predicted molar refractivity (Wildman–Crippen MR) is 83.1 cm³/mol. The fraction of sp³-hybridized carbons (Fsp3) is 0.667. The molecule has 2 aliphatic rings. The molecule has 2 fully saturated rings. The van der Waals surface area contributed by atoms with Gasteiger partial charge >= 0.3 is 7.12 Å². The Morgan fingerprint density at radius 3 is 2.33 bits per heavy atom. The maximum atomic E-state index is 6.10. The summed E-state index contributed by atoms with van der Waals surface area (Å²) in [5.74, 6) is 1.54. The smallest absolute Gasteiger partial charge is 0.489 e. The van der Waals surface area contributed by atoms with Gasteiger partial charge in [0, 0.05) is 7.05 Å². The summed E-state index contributed by atoms with van der Waals surface area (Å²) < 4.78 is 18.2. The van der Waals surface area contributed by atoms with Crippen molar-refractivity contribution in [2.24, 2.45) is 0 Å². The second-order valence-electron chi connectivity index (χ2n) is 6.74. The third kappa shape index (κ3) is 2.74. The highest BCUT2D eigenvalue weighted by atomic mass is 16.7. The van der Waals surface area contributed by atoms with Crippen LogP contribution in [-0.4, -0.2) is 36.5 Å². The van der Waals surface area contributed by atoms with E-state index in [4.69, 9.17) is 14.0 Å². The maximum absolute atomic E-state index is 6.10. The molecular formula is C15H23BN2O3. The molecule has 0 amide bonds. The Hall–Kier alpha value is -1.27. The summed E-state index contributed by atoms with van der Waals surface area (Å²) in [6.07, 6.45) is 2.53. The van der Waals surface area contributed by atoms with Crippen molar-refractivity contribution in [1.29, 1.82) is 0 Å². The highest BCUT2D eigenvalue weighted by Gasteiger charge is 2.53. The van der Waals surface area contributed by atoms with Crippen LogP contribution >= 0.6 is 0 Å². The van der Waals surface area contributed by atoms with Crippen LogP contribution in [0.25, 0.3) is 0 Å². The Kier molecular flexibility index (Phi) is 3.41. The molecule has 5 nitrogen and oxygen atoms in total. The number of pyridine rings is 1. The van der Waals surface area contributed by atoms with E-state index in [0.29, 0.717) is 11.7 Å². The Morgan fingerprint density at radius 1 is 1.19 bits per heavy atom. The van der Waals surface area contributed by atoms with Crippen molar-refractivity contribution in [1.82, 2.24) is 4.98 Å². The molecule has 1 saturated carbocycles. The molecule has 1 aromatic rings. The zero-order chi connectivity index (χ0) is 15.3. The molecule has 1 aromatic heterocycles. The van der Waals surface area contributed by atoms with Crippen molar-refractivity contribution in [3.8, 4) is 5.75 Å². The fourth-order valence-electron chi connectivity index (χ4n) is 2.19. The van der Waals surface area contributed by atoms with E-state index in [-0.39, 0.29) is 11.2 Å². The van der Waals surface area contributed by atoms with Crippen LogP contribution in [0.2, 0.25) is 0 Å². The molecule has 0 unspecified atom stereocenters. The summed E-state index contributed by atoms with van der Waals surface area (Å²) in [7, 11) is 1.34. The first kappa shape index (κ1) is 14.7. The van der Waals surface area contributed by atoms with Crippen molar-refractivity contribution in [2.45, 2.75) is 57.8 Å². The molecule has 0 aromatic carbocycles. The highest BCUT2D eigenvalue weighted by Crippen LogP contribution is 2.37. The van der Waals surface area contributed by atoms with E-state index in [2.05, 4.69) is 10.3 Å². The van der Waals surface area contributed by atoms with E-state index in [1.54, 1.807) is 0 Å². The third-order valence-electron chi connectivity index (χ3n) is 4.44. The molecule has 21 heavy (non-hydrogen) atoms. The van der Waals surface area contributed by atoms with E-state index in [1.165, 1.54) is 0 Å². The molecule has 0 bridgehead atoms. The van der Waals surface area contributed by atoms with Gasteiger partial charge in [-0.15, -0.1) is 0 Å². The first-order valence-electron chi connectivity index (χ1n) is 7.53. The largest absolute Gasteiger partial charge is 0.518 e. The van der Waals surface area contributed by atoms with Gasteiger partial charge in [-0.05, 0) is 52.7 Å². The van der Waals surface area contributed by atoms with E-state index in [1.807, 2.05) is 46.9 Å². The first-order valence-corrected chi connectivity index (χ1v) is 7.53. The summed E-state index contributed by atoms with van der Waals surface area (Å²) in [5, 5.41) is 3.05. The van der Waals surface area contributed by atoms with Crippen LogP contribution in [0.3, 0.4) is 0 Å². The summed E-state index contributed by atoms with van der Waals surface area (Å²) in [5.41, 5.74) is -0.0510. The monoisotopic (exact) mass is 290 g/mol. The van der Waals surface area contributed by atoms with Crippen molar-refractivity contribution < 1.29 is 14.0 Å². The Labute approximate surface area is 126 Å². The van der Waals surface area contributed by atoms with Gasteiger partial charge in [-0.1, -0.05) is 0 Å². The van der Waals surface area contributed by atoms with E-state index in [9.17, 15) is 0 Å². The van der Waals surface area contributed by atoms with E-state index >= 15 is 0 Å². The molecule has 3 rings (SSSR count). The molecule has 6 heteroatoms. The van der Waals surface area contributed by atoms with Gasteiger partial charge in [-0.2, -0.15) is 0 Å². The molecule has 0 atom stereocenters. The number of hydrogen-bond donors (Lipinski definition) is 1. The van der Waals surface area contributed by atoms with Crippen LogP contribution in [0.1, 0.15) is 40.5 Å². The lowest BCUT2D eigenvalue weighted by atomic mass is 9.83.